The van der Waals surface area contributed by atoms with Crippen LogP contribution in [0.25, 0.3) is 5.70 Å². The topological polar surface area (TPSA) is 12.0 Å². The van der Waals surface area contributed by atoms with Crippen molar-refractivity contribution in [3.8, 4) is 0 Å². The number of benzene rings is 1. The lowest BCUT2D eigenvalue weighted by molar-refractivity contribution is 1.12. The molecule has 0 spiro atoms. The molecule has 0 saturated carbocycles. The molecule has 1 aromatic rings. The molecule has 0 bridgehead atoms. The van der Waals surface area contributed by atoms with Gasteiger partial charge in [-0.25, -0.2) is 0 Å². The van der Waals surface area contributed by atoms with E-state index in [1.165, 1.54) is 0 Å². The second-order valence-corrected chi connectivity index (χ2v) is 3.41. The Bertz CT molecular complexity index is 391. The Morgan fingerprint density at radius 3 is 2.18 bits per heavy atom. The quantitative estimate of drug-likeness (QED) is 0.770. The summed E-state index contributed by atoms with van der Waals surface area (Å²) in [5.74, 6) is 0. The molecule has 0 amide bonds. The molecule has 0 saturated heterocycles. The van der Waals surface area contributed by atoms with Crippen LogP contribution < -0.4 is 5.32 Å². The van der Waals surface area contributed by atoms with Crippen molar-refractivity contribution in [1.82, 2.24) is 5.32 Å². The first-order chi connectivity index (χ1) is 8.20. The summed E-state index contributed by atoms with van der Waals surface area (Å²) < 4.78 is 0. The molecular formula is C15H20ClN. The first-order valence-electron chi connectivity index (χ1n) is 5.65. The number of rotatable bonds is 4. The average Bonchev–Trinajstić information content (AvgIpc) is 2.42. The number of nitrogens with one attached hydrogen (secondary N) is 1. The van der Waals surface area contributed by atoms with Gasteiger partial charge in [0.15, 0.2) is 0 Å². The van der Waals surface area contributed by atoms with Gasteiger partial charge in [0, 0.05) is 7.05 Å². The molecule has 0 aliphatic carbocycles. The van der Waals surface area contributed by atoms with Gasteiger partial charge >= 0.3 is 0 Å². The van der Waals surface area contributed by atoms with E-state index in [1.54, 1.807) is 6.08 Å². The van der Waals surface area contributed by atoms with Crippen LogP contribution in [0.3, 0.4) is 0 Å². The Hall–Kier alpha value is -1.47. The molecule has 17 heavy (non-hydrogen) atoms. The lowest BCUT2D eigenvalue weighted by atomic mass is 10.1. The molecule has 92 valence electrons. The molecule has 2 heteroatoms. The Labute approximate surface area is 110 Å². The maximum Gasteiger partial charge on any atom is 0.0709 e. The Balaban J connectivity index is 0.00000121. The van der Waals surface area contributed by atoms with Crippen LogP contribution in [-0.4, -0.2) is 7.05 Å². The molecule has 0 atom stereocenters. The maximum atomic E-state index is 6.18. The Kier molecular flexibility index (Phi) is 7.91. The molecule has 1 nitrogen and oxygen atoms in total. The van der Waals surface area contributed by atoms with E-state index < -0.39 is 0 Å². The minimum atomic E-state index is 0.596. The highest BCUT2D eigenvalue weighted by Crippen LogP contribution is 2.24. The van der Waals surface area contributed by atoms with Crippen molar-refractivity contribution in [1.29, 1.82) is 0 Å². The zero-order valence-electron chi connectivity index (χ0n) is 10.8. The monoisotopic (exact) mass is 249 g/mol. The summed E-state index contributed by atoms with van der Waals surface area (Å²) in [7, 11) is 1.83. The summed E-state index contributed by atoms with van der Waals surface area (Å²) >= 11 is 6.18. The van der Waals surface area contributed by atoms with Crippen LogP contribution >= 0.6 is 11.6 Å². The van der Waals surface area contributed by atoms with Gasteiger partial charge in [-0.1, -0.05) is 75.0 Å². The average molecular weight is 250 g/mol. The summed E-state index contributed by atoms with van der Waals surface area (Å²) in [6.45, 7) is 11.5. The smallest absolute Gasteiger partial charge is 0.0709 e. The van der Waals surface area contributed by atoms with Crippen molar-refractivity contribution in [2.75, 3.05) is 7.05 Å². The van der Waals surface area contributed by atoms with Crippen LogP contribution in [0.4, 0.5) is 0 Å². The fourth-order valence-corrected chi connectivity index (χ4v) is 1.52. The van der Waals surface area contributed by atoms with E-state index in [0.29, 0.717) is 10.6 Å². The summed E-state index contributed by atoms with van der Waals surface area (Å²) in [6.07, 6.45) is 1.64. The zero-order valence-corrected chi connectivity index (χ0v) is 11.5. The third-order valence-electron chi connectivity index (χ3n) is 2.06. The number of hydrogen-bond donors (Lipinski definition) is 1. The van der Waals surface area contributed by atoms with Crippen LogP contribution in [-0.2, 0) is 0 Å². The third kappa shape index (κ3) is 4.49. The molecule has 0 aliphatic heterocycles. The lowest BCUT2D eigenvalue weighted by Gasteiger charge is -2.10. The minimum Gasteiger partial charge on any atom is -0.386 e. The molecule has 0 radical (unpaired) electrons. The van der Waals surface area contributed by atoms with Gasteiger partial charge in [0.25, 0.3) is 0 Å². The van der Waals surface area contributed by atoms with Gasteiger partial charge in [0.05, 0.1) is 10.7 Å². The maximum absolute atomic E-state index is 6.18. The second kappa shape index (κ2) is 8.66. The Morgan fingerprint density at radius 2 is 1.76 bits per heavy atom. The van der Waals surface area contributed by atoms with E-state index in [2.05, 4.69) is 18.5 Å². The highest BCUT2D eigenvalue weighted by atomic mass is 35.5. The summed E-state index contributed by atoms with van der Waals surface area (Å²) in [5, 5.41) is 3.67. The highest BCUT2D eigenvalue weighted by Gasteiger charge is 2.06. The highest BCUT2D eigenvalue weighted by molar-refractivity contribution is 6.35. The molecule has 0 aromatic heterocycles. The van der Waals surface area contributed by atoms with Gasteiger partial charge in [-0.05, 0) is 11.1 Å². The van der Waals surface area contributed by atoms with E-state index in [0.717, 1.165) is 11.3 Å². The predicted octanol–water partition coefficient (Wildman–Crippen LogP) is 4.58. The van der Waals surface area contributed by atoms with Gasteiger partial charge in [-0.3, -0.25) is 0 Å². The fraction of sp³-hybridized carbons (Fsp3) is 0.200. The first kappa shape index (κ1) is 15.5. The SMILES string of the molecule is C=CC(=C)/C(Cl)=C(\NC)c1ccccc1.CC. The van der Waals surface area contributed by atoms with Crippen molar-refractivity contribution in [3.05, 3.63) is 65.7 Å². The van der Waals surface area contributed by atoms with Gasteiger partial charge in [0.2, 0.25) is 0 Å². The van der Waals surface area contributed by atoms with Crippen LogP contribution in [0.15, 0.2) is 60.2 Å². The van der Waals surface area contributed by atoms with Gasteiger partial charge in [-0.2, -0.15) is 0 Å². The molecule has 0 fully saturated rings. The third-order valence-corrected chi connectivity index (χ3v) is 2.49. The van der Waals surface area contributed by atoms with E-state index in [4.69, 9.17) is 11.6 Å². The number of halogens is 1. The molecule has 1 N–H and O–H groups in total. The summed E-state index contributed by atoms with van der Waals surface area (Å²) in [4.78, 5) is 0. The van der Waals surface area contributed by atoms with Crippen LogP contribution in [0, 0.1) is 0 Å². The first-order valence-corrected chi connectivity index (χ1v) is 6.03. The fourth-order valence-electron chi connectivity index (χ4n) is 1.24. The van der Waals surface area contributed by atoms with Crippen molar-refractivity contribution >= 4 is 17.3 Å². The second-order valence-electron chi connectivity index (χ2n) is 3.03. The predicted molar refractivity (Wildman–Crippen MR) is 79.0 cm³/mol. The van der Waals surface area contributed by atoms with Crippen molar-refractivity contribution in [2.45, 2.75) is 13.8 Å². The van der Waals surface area contributed by atoms with Gasteiger partial charge in [-0.15, -0.1) is 0 Å². The summed E-state index contributed by atoms with van der Waals surface area (Å²) in [6, 6.07) is 9.88. The van der Waals surface area contributed by atoms with E-state index in [-0.39, 0.29) is 0 Å². The molecular weight excluding hydrogens is 230 g/mol. The molecule has 0 heterocycles. The number of hydrogen-bond acceptors (Lipinski definition) is 1. The van der Waals surface area contributed by atoms with Crippen LogP contribution in [0.5, 0.6) is 0 Å². The zero-order chi connectivity index (χ0) is 13.3. The largest absolute Gasteiger partial charge is 0.386 e. The van der Waals surface area contributed by atoms with E-state index in [1.807, 2.05) is 51.2 Å². The van der Waals surface area contributed by atoms with Crippen molar-refractivity contribution in [2.24, 2.45) is 0 Å². The summed E-state index contributed by atoms with van der Waals surface area (Å²) in [5.41, 5.74) is 2.61. The van der Waals surface area contributed by atoms with Crippen molar-refractivity contribution in [3.63, 3.8) is 0 Å². The molecule has 1 rings (SSSR count). The minimum absolute atomic E-state index is 0.596. The lowest BCUT2D eigenvalue weighted by Crippen LogP contribution is -2.06. The molecule has 1 aromatic carbocycles. The Morgan fingerprint density at radius 1 is 1.24 bits per heavy atom. The molecule has 0 aliphatic rings. The standard InChI is InChI=1S/C13H14ClN.C2H6/c1-4-10(2)12(14)13(15-3)11-8-6-5-7-9-11;1-2/h4-9,15H,1-2H2,3H3;1-2H3/b13-12+;. The van der Waals surface area contributed by atoms with E-state index >= 15 is 0 Å². The number of allylic oxidation sites excluding steroid dienone is 3. The normalized spacial score (nSPS) is 10.6. The van der Waals surface area contributed by atoms with Gasteiger partial charge < -0.3 is 5.32 Å². The molecule has 0 unspecified atom stereocenters. The van der Waals surface area contributed by atoms with Crippen molar-refractivity contribution < 1.29 is 0 Å². The van der Waals surface area contributed by atoms with E-state index in [9.17, 15) is 0 Å². The van der Waals surface area contributed by atoms with Crippen LogP contribution in [0.1, 0.15) is 19.4 Å². The van der Waals surface area contributed by atoms with Gasteiger partial charge in [0.1, 0.15) is 0 Å². The van der Waals surface area contributed by atoms with Crippen LogP contribution in [0.2, 0.25) is 0 Å².